The number of aryl methyl sites for hydroxylation is 1. The molecule has 0 aliphatic carbocycles. The second-order valence-electron chi connectivity index (χ2n) is 9.73. The molecule has 2 unspecified atom stereocenters. The van der Waals surface area contributed by atoms with Crippen LogP contribution in [0.5, 0.6) is 0 Å². The fourth-order valence-electron chi connectivity index (χ4n) is 3.95. The average molecular weight is 465 g/mol. The van der Waals surface area contributed by atoms with E-state index in [9.17, 15) is 4.79 Å². The van der Waals surface area contributed by atoms with Crippen LogP contribution in [0.2, 0.25) is 5.31 Å². The molecule has 34 heavy (non-hydrogen) atoms. The molecule has 0 fully saturated rings. The van der Waals surface area contributed by atoms with E-state index in [4.69, 9.17) is 22.3 Å². The van der Waals surface area contributed by atoms with Gasteiger partial charge in [-0.1, -0.05) is 39.8 Å². The third-order valence-corrected chi connectivity index (χ3v) is 6.58. The van der Waals surface area contributed by atoms with Crippen LogP contribution in [0.15, 0.2) is 36.4 Å². The standard InChI is InChI=1S/C27H40BN3O3/c1-7-33-16-17-34-15-14-31(18-23-11-8-10-21(2)29-23)19-24-12-9-13-25(30-24)26(4,5)22(3)27(6,28)20-32/h8-13,20,22H,7,14-19H2,1-6H3. The van der Waals surface area contributed by atoms with Gasteiger partial charge in [-0.25, -0.2) is 0 Å². The topological polar surface area (TPSA) is 64.6 Å². The summed E-state index contributed by atoms with van der Waals surface area (Å²) >= 11 is 0. The Kier molecular flexibility index (Phi) is 10.9. The molecule has 0 aliphatic heterocycles. The molecule has 184 valence electrons. The quantitative estimate of drug-likeness (QED) is 0.222. The van der Waals surface area contributed by atoms with Gasteiger partial charge in [-0.3, -0.25) is 14.9 Å². The number of rotatable bonds is 15. The van der Waals surface area contributed by atoms with Crippen LogP contribution in [0.1, 0.15) is 57.4 Å². The first-order valence-electron chi connectivity index (χ1n) is 12.1. The number of aldehydes is 1. The highest BCUT2D eigenvalue weighted by Gasteiger charge is 2.39. The smallest absolute Gasteiger partial charge is 0.117 e. The van der Waals surface area contributed by atoms with Crippen molar-refractivity contribution in [2.24, 2.45) is 5.92 Å². The molecule has 0 amide bonds. The molecule has 0 aliphatic rings. The highest BCUT2D eigenvalue weighted by Crippen LogP contribution is 2.43. The van der Waals surface area contributed by atoms with Crippen LogP contribution in [0.3, 0.4) is 0 Å². The maximum absolute atomic E-state index is 11.6. The second kappa shape index (κ2) is 13.1. The van der Waals surface area contributed by atoms with E-state index in [1.165, 1.54) is 0 Å². The van der Waals surface area contributed by atoms with E-state index in [-0.39, 0.29) is 11.3 Å². The number of aromatic nitrogens is 2. The van der Waals surface area contributed by atoms with Crippen molar-refractivity contribution in [3.63, 3.8) is 0 Å². The lowest BCUT2D eigenvalue weighted by atomic mass is 9.55. The summed E-state index contributed by atoms with van der Waals surface area (Å²) in [5.74, 6) is -0.0911. The summed E-state index contributed by atoms with van der Waals surface area (Å²) in [5.41, 5.74) is 3.54. The predicted octanol–water partition coefficient (Wildman–Crippen LogP) is 4.30. The Balaban J connectivity index is 2.16. The van der Waals surface area contributed by atoms with Gasteiger partial charge < -0.3 is 14.3 Å². The van der Waals surface area contributed by atoms with Gasteiger partial charge in [-0.05, 0) is 49.3 Å². The minimum atomic E-state index is -0.928. The Morgan fingerprint density at radius 1 is 1.00 bits per heavy atom. The SMILES string of the molecule is [B]C(C)(C=O)C(C)C(C)(C)c1cccc(CN(CCOCCOCC)Cc2cccc(C)n2)n1. The van der Waals surface area contributed by atoms with Crippen molar-refractivity contribution in [2.75, 3.05) is 33.0 Å². The number of carbonyl (C=O) groups is 1. The van der Waals surface area contributed by atoms with E-state index >= 15 is 0 Å². The molecule has 2 rings (SSSR count). The largest absolute Gasteiger partial charge is 0.379 e. The zero-order chi connectivity index (χ0) is 25.2. The Labute approximate surface area is 206 Å². The minimum absolute atomic E-state index is 0.0911. The van der Waals surface area contributed by atoms with Crippen molar-refractivity contribution in [2.45, 2.75) is 65.4 Å². The number of hydrogen-bond acceptors (Lipinski definition) is 6. The van der Waals surface area contributed by atoms with Gasteiger partial charge in [-0.2, -0.15) is 0 Å². The third kappa shape index (κ3) is 8.29. The number of carbonyl (C=O) groups excluding carboxylic acids is 1. The van der Waals surface area contributed by atoms with Crippen molar-refractivity contribution in [3.05, 3.63) is 59.2 Å². The molecule has 0 spiro atoms. The van der Waals surface area contributed by atoms with Gasteiger partial charge in [0.1, 0.15) is 6.29 Å². The molecule has 2 atom stereocenters. The van der Waals surface area contributed by atoms with Gasteiger partial charge in [0.15, 0.2) is 0 Å². The second-order valence-corrected chi connectivity index (χ2v) is 9.73. The molecule has 0 N–H and O–H groups in total. The summed E-state index contributed by atoms with van der Waals surface area (Å²) in [4.78, 5) is 23.5. The van der Waals surface area contributed by atoms with E-state index in [2.05, 4.69) is 23.7 Å². The van der Waals surface area contributed by atoms with Gasteiger partial charge in [0.2, 0.25) is 0 Å². The number of nitrogens with zero attached hydrogens (tertiary/aromatic N) is 3. The maximum Gasteiger partial charge on any atom is 0.117 e. The van der Waals surface area contributed by atoms with Crippen molar-refractivity contribution < 1.29 is 14.3 Å². The Bertz CT molecular complexity index is 904. The van der Waals surface area contributed by atoms with E-state index in [1.807, 2.05) is 57.2 Å². The van der Waals surface area contributed by atoms with Gasteiger partial charge in [-0.15, -0.1) is 0 Å². The van der Waals surface area contributed by atoms with Gasteiger partial charge in [0.05, 0.1) is 39.1 Å². The van der Waals surface area contributed by atoms with Crippen LogP contribution in [0.4, 0.5) is 0 Å². The van der Waals surface area contributed by atoms with Gasteiger partial charge >= 0.3 is 0 Å². The van der Waals surface area contributed by atoms with Crippen LogP contribution in [0.25, 0.3) is 0 Å². The Morgan fingerprint density at radius 3 is 2.24 bits per heavy atom. The first-order valence-corrected chi connectivity index (χ1v) is 12.1. The highest BCUT2D eigenvalue weighted by atomic mass is 16.5. The molecule has 2 radical (unpaired) electrons. The molecule has 0 aromatic carbocycles. The molecular weight excluding hydrogens is 425 g/mol. The normalized spacial score (nSPS) is 14.7. The summed E-state index contributed by atoms with van der Waals surface area (Å²) in [6.45, 7) is 16.6. The van der Waals surface area contributed by atoms with Crippen molar-refractivity contribution in [1.29, 1.82) is 0 Å². The summed E-state index contributed by atoms with van der Waals surface area (Å²) in [6, 6.07) is 12.2. The predicted molar refractivity (Wildman–Crippen MR) is 137 cm³/mol. The average Bonchev–Trinajstić information content (AvgIpc) is 2.81. The number of pyridine rings is 2. The van der Waals surface area contributed by atoms with Crippen molar-refractivity contribution in [3.8, 4) is 0 Å². The maximum atomic E-state index is 11.6. The van der Waals surface area contributed by atoms with Crippen LogP contribution in [-0.4, -0.2) is 62.0 Å². The number of ether oxygens (including phenoxy) is 2. The minimum Gasteiger partial charge on any atom is -0.379 e. The van der Waals surface area contributed by atoms with Gasteiger partial charge in [0.25, 0.3) is 0 Å². The summed E-state index contributed by atoms with van der Waals surface area (Å²) in [6.07, 6.45) is 0.839. The molecule has 0 bridgehead atoms. The summed E-state index contributed by atoms with van der Waals surface area (Å²) < 4.78 is 11.1. The van der Waals surface area contributed by atoms with Crippen molar-refractivity contribution >= 4 is 14.1 Å². The van der Waals surface area contributed by atoms with E-state index < -0.39 is 5.31 Å². The molecule has 2 heterocycles. The fraction of sp³-hybridized carbons (Fsp3) is 0.593. The molecular formula is C27H40BN3O3. The van der Waals surface area contributed by atoms with Crippen LogP contribution in [-0.2, 0) is 32.8 Å². The van der Waals surface area contributed by atoms with E-state index in [1.54, 1.807) is 6.92 Å². The summed E-state index contributed by atoms with van der Waals surface area (Å²) in [5, 5.41) is -0.928. The monoisotopic (exact) mass is 465 g/mol. The first-order chi connectivity index (χ1) is 16.1. The molecule has 0 saturated heterocycles. The number of hydrogen-bond donors (Lipinski definition) is 0. The van der Waals surface area contributed by atoms with Gasteiger partial charge in [0, 0.05) is 43.0 Å². The van der Waals surface area contributed by atoms with E-state index in [0.29, 0.717) is 39.5 Å². The molecule has 2 aromatic rings. The first kappa shape index (κ1) is 28.2. The lowest BCUT2D eigenvalue weighted by Crippen LogP contribution is -2.37. The Morgan fingerprint density at radius 2 is 1.62 bits per heavy atom. The van der Waals surface area contributed by atoms with Crippen molar-refractivity contribution in [1.82, 2.24) is 14.9 Å². The van der Waals surface area contributed by atoms with Crippen LogP contribution >= 0.6 is 0 Å². The molecule has 7 heteroatoms. The highest BCUT2D eigenvalue weighted by molar-refractivity contribution is 6.24. The summed E-state index contributed by atoms with van der Waals surface area (Å²) in [7, 11) is 6.26. The molecule has 0 saturated carbocycles. The lowest BCUT2D eigenvalue weighted by molar-refractivity contribution is -0.111. The molecule has 2 aromatic heterocycles. The Hall–Kier alpha value is -2.09. The zero-order valence-corrected chi connectivity index (χ0v) is 21.7. The fourth-order valence-corrected chi connectivity index (χ4v) is 3.95. The lowest BCUT2D eigenvalue weighted by Gasteiger charge is -2.39. The molecule has 6 nitrogen and oxygen atoms in total. The van der Waals surface area contributed by atoms with E-state index in [0.717, 1.165) is 35.6 Å². The third-order valence-electron chi connectivity index (χ3n) is 6.58. The zero-order valence-electron chi connectivity index (χ0n) is 21.7. The van der Waals surface area contributed by atoms with Crippen LogP contribution in [0, 0.1) is 12.8 Å². The van der Waals surface area contributed by atoms with Crippen LogP contribution < -0.4 is 0 Å².